The molecule has 1 fully saturated rings. The fourth-order valence-corrected chi connectivity index (χ4v) is 1.80. The number of anilines is 1. The number of amides is 2. The second-order valence-corrected chi connectivity index (χ2v) is 4.17. The molecule has 1 saturated heterocycles. The Labute approximate surface area is 114 Å². The van der Waals surface area contributed by atoms with E-state index in [1.165, 1.54) is 18.2 Å². The Balaban J connectivity index is 2.11. The standard InChI is InChI=1S/C11H13ClFN3O3/c1-18-10-5-9(8(13)4-7(10)12)15-11(17)16-2-3-19-6-14-16/h4-5,14H,2-3,6H2,1H3,(H,15,17). The second-order valence-electron chi connectivity index (χ2n) is 3.76. The van der Waals surface area contributed by atoms with Crippen LogP contribution in [0.2, 0.25) is 5.02 Å². The zero-order valence-electron chi connectivity index (χ0n) is 10.2. The van der Waals surface area contributed by atoms with E-state index in [1.807, 2.05) is 0 Å². The van der Waals surface area contributed by atoms with Crippen LogP contribution < -0.4 is 15.5 Å². The molecule has 2 N–H and O–H groups in total. The number of ether oxygens (including phenoxy) is 2. The zero-order valence-corrected chi connectivity index (χ0v) is 11.0. The molecule has 0 bridgehead atoms. The van der Waals surface area contributed by atoms with Gasteiger partial charge in [0.2, 0.25) is 0 Å². The number of nitrogens with zero attached hydrogens (tertiary/aromatic N) is 1. The van der Waals surface area contributed by atoms with Crippen molar-refractivity contribution in [3.05, 3.63) is 23.0 Å². The predicted molar refractivity (Wildman–Crippen MR) is 67.6 cm³/mol. The van der Waals surface area contributed by atoms with Gasteiger partial charge in [0.05, 0.1) is 31.0 Å². The second kappa shape index (κ2) is 6.05. The summed E-state index contributed by atoms with van der Waals surface area (Å²) >= 11 is 5.77. The van der Waals surface area contributed by atoms with Crippen molar-refractivity contribution in [3.63, 3.8) is 0 Å². The van der Waals surface area contributed by atoms with Gasteiger partial charge in [0.15, 0.2) is 0 Å². The zero-order chi connectivity index (χ0) is 13.8. The normalized spacial score (nSPS) is 15.2. The summed E-state index contributed by atoms with van der Waals surface area (Å²) in [5.74, 6) is -0.347. The van der Waals surface area contributed by atoms with E-state index in [0.717, 1.165) is 6.07 Å². The monoisotopic (exact) mass is 289 g/mol. The average molecular weight is 290 g/mol. The number of carbonyl (C=O) groups is 1. The van der Waals surface area contributed by atoms with Crippen LogP contribution in [0, 0.1) is 5.82 Å². The molecule has 0 spiro atoms. The molecule has 0 saturated carbocycles. The quantitative estimate of drug-likeness (QED) is 0.872. The van der Waals surface area contributed by atoms with Crippen LogP contribution in [0.3, 0.4) is 0 Å². The topological polar surface area (TPSA) is 62.8 Å². The Bertz CT molecular complexity index is 480. The number of benzene rings is 1. The number of carbonyl (C=O) groups excluding carboxylic acids is 1. The fraction of sp³-hybridized carbons (Fsp3) is 0.364. The van der Waals surface area contributed by atoms with Gasteiger partial charge < -0.3 is 14.8 Å². The lowest BCUT2D eigenvalue weighted by atomic mass is 10.3. The summed E-state index contributed by atoms with van der Waals surface area (Å²) < 4.78 is 23.7. The Hall–Kier alpha value is -1.57. The number of rotatable bonds is 2. The molecular formula is C11H13ClFN3O3. The van der Waals surface area contributed by atoms with Gasteiger partial charge in [0, 0.05) is 6.07 Å². The minimum absolute atomic E-state index is 0.000424. The summed E-state index contributed by atoms with van der Waals surface area (Å²) in [6.45, 7) is 1.03. The van der Waals surface area contributed by atoms with Crippen molar-refractivity contribution in [1.29, 1.82) is 0 Å². The summed E-state index contributed by atoms with van der Waals surface area (Å²) in [5.41, 5.74) is 2.72. The van der Waals surface area contributed by atoms with E-state index < -0.39 is 11.8 Å². The maximum atomic E-state index is 13.7. The molecule has 8 heteroatoms. The molecule has 0 aliphatic carbocycles. The minimum atomic E-state index is -0.632. The smallest absolute Gasteiger partial charge is 0.336 e. The summed E-state index contributed by atoms with van der Waals surface area (Å²) in [4.78, 5) is 11.9. The van der Waals surface area contributed by atoms with E-state index >= 15 is 0 Å². The molecular weight excluding hydrogens is 277 g/mol. The molecule has 0 aromatic heterocycles. The van der Waals surface area contributed by atoms with Crippen molar-refractivity contribution in [2.24, 2.45) is 0 Å². The summed E-state index contributed by atoms with van der Waals surface area (Å²) in [5, 5.41) is 3.89. The molecule has 1 heterocycles. The summed E-state index contributed by atoms with van der Waals surface area (Å²) in [6.07, 6.45) is 0. The maximum absolute atomic E-state index is 13.7. The molecule has 0 radical (unpaired) electrons. The molecule has 0 unspecified atom stereocenters. The number of methoxy groups -OCH3 is 1. The lowest BCUT2D eigenvalue weighted by molar-refractivity contribution is 0.00549. The number of urea groups is 1. The highest BCUT2D eigenvalue weighted by Gasteiger charge is 2.18. The van der Waals surface area contributed by atoms with Gasteiger partial charge in [-0.05, 0) is 6.07 Å². The van der Waals surface area contributed by atoms with Gasteiger partial charge in [-0.2, -0.15) is 0 Å². The van der Waals surface area contributed by atoms with Crippen molar-refractivity contribution in [1.82, 2.24) is 10.4 Å². The molecule has 0 atom stereocenters. The predicted octanol–water partition coefficient (Wildman–Crippen LogP) is 1.81. The molecule has 104 valence electrons. The van der Waals surface area contributed by atoms with Crippen LogP contribution in [0.15, 0.2) is 12.1 Å². The first-order valence-electron chi connectivity index (χ1n) is 5.54. The fourth-order valence-electron chi connectivity index (χ4n) is 1.57. The Morgan fingerprint density at radius 2 is 2.42 bits per heavy atom. The lowest BCUT2D eigenvalue weighted by Crippen LogP contribution is -2.51. The van der Waals surface area contributed by atoms with E-state index in [0.29, 0.717) is 13.2 Å². The van der Waals surface area contributed by atoms with Crippen LogP contribution in [0.4, 0.5) is 14.9 Å². The third-order valence-electron chi connectivity index (χ3n) is 2.54. The van der Waals surface area contributed by atoms with Gasteiger partial charge in [0.1, 0.15) is 18.3 Å². The maximum Gasteiger partial charge on any atom is 0.336 e. The molecule has 1 aromatic carbocycles. The highest BCUT2D eigenvalue weighted by molar-refractivity contribution is 6.32. The molecule has 2 amide bonds. The van der Waals surface area contributed by atoms with Gasteiger partial charge >= 0.3 is 6.03 Å². The summed E-state index contributed by atoms with van der Waals surface area (Å²) in [7, 11) is 1.41. The van der Waals surface area contributed by atoms with Crippen LogP contribution in [0.25, 0.3) is 0 Å². The van der Waals surface area contributed by atoms with E-state index in [9.17, 15) is 9.18 Å². The summed E-state index contributed by atoms with van der Waals surface area (Å²) in [6, 6.07) is 1.94. The third kappa shape index (κ3) is 3.25. The number of hydrogen-bond acceptors (Lipinski definition) is 4. The Kier molecular flexibility index (Phi) is 4.41. The van der Waals surface area contributed by atoms with Gasteiger partial charge in [-0.25, -0.2) is 14.6 Å². The van der Waals surface area contributed by atoms with Crippen molar-refractivity contribution in [2.75, 3.05) is 32.3 Å². The van der Waals surface area contributed by atoms with E-state index in [4.69, 9.17) is 21.1 Å². The largest absolute Gasteiger partial charge is 0.495 e. The van der Waals surface area contributed by atoms with Crippen LogP contribution in [-0.4, -0.2) is 38.0 Å². The van der Waals surface area contributed by atoms with Crippen molar-refractivity contribution in [3.8, 4) is 5.75 Å². The molecule has 1 aliphatic heterocycles. The van der Waals surface area contributed by atoms with Crippen LogP contribution >= 0.6 is 11.6 Å². The van der Waals surface area contributed by atoms with Crippen LogP contribution in [0.1, 0.15) is 0 Å². The highest BCUT2D eigenvalue weighted by atomic mass is 35.5. The molecule has 1 aromatic rings. The molecule has 2 rings (SSSR count). The Morgan fingerprint density at radius 1 is 1.63 bits per heavy atom. The van der Waals surface area contributed by atoms with Crippen molar-refractivity contribution < 1.29 is 18.7 Å². The van der Waals surface area contributed by atoms with Gasteiger partial charge in [-0.3, -0.25) is 5.01 Å². The molecule has 19 heavy (non-hydrogen) atoms. The first-order chi connectivity index (χ1) is 9.11. The van der Waals surface area contributed by atoms with E-state index in [-0.39, 0.29) is 23.2 Å². The number of hydrazine groups is 1. The minimum Gasteiger partial charge on any atom is -0.495 e. The van der Waals surface area contributed by atoms with Crippen LogP contribution in [-0.2, 0) is 4.74 Å². The SMILES string of the molecule is COc1cc(NC(=O)N2CCOCN2)c(F)cc1Cl. The van der Waals surface area contributed by atoms with Crippen LogP contribution in [0.5, 0.6) is 5.75 Å². The first-order valence-corrected chi connectivity index (χ1v) is 5.92. The highest BCUT2D eigenvalue weighted by Crippen LogP contribution is 2.30. The number of nitrogens with one attached hydrogen (secondary N) is 2. The van der Waals surface area contributed by atoms with Crippen molar-refractivity contribution in [2.45, 2.75) is 0 Å². The van der Waals surface area contributed by atoms with Gasteiger partial charge in [-0.1, -0.05) is 11.6 Å². The van der Waals surface area contributed by atoms with E-state index in [2.05, 4.69) is 10.7 Å². The third-order valence-corrected chi connectivity index (χ3v) is 2.84. The molecule has 1 aliphatic rings. The number of hydrogen-bond donors (Lipinski definition) is 2. The first kappa shape index (κ1) is 13.9. The molecule has 6 nitrogen and oxygen atoms in total. The van der Waals surface area contributed by atoms with Gasteiger partial charge in [0.25, 0.3) is 0 Å². The lowest BCUT2D eigenvalue weighted by Gasteiger charge is -2.27. The van der Waals surface area contributed by atoms with Crippen molar-refractivity contribution >= 4 is 23.3 Å². The number of halogens is 2. The van der Waals surface area contributed by atoms with E-state index in [1.54, 1.807) is 0 Å². The van der Waals surface area contributed by atoms with Gasteiger partial charge in [-0.15, -0.1) is 0 Å². The average Bonchev–Trinajstić information content (AvgIpc) is 2.42. The Morgan fingerprint density at radius 3 is 3.05 bits per heavy atom.